The summed E-state index contributed by atoms with van der Waals surface area (Å²) in [5.74, 6) is 0.870. The molecule has 5 nitrogen and oxygen atoms in total. The number of aryl methyl sites for hydroxylation is 1. The molecule has 102 valence electrons. The Morgan fingerprint density at radius 1 is 1.33 bits per heavy atom. The van der Waals surface area contributed by atoms with E-state index in [1.807, 2.05) is 19.9 Å². The van der Waals surface area contributed by atoms with Crippen molar-refractivity contribution in [2.45, 2.75) is 32.9 Å². The summed E-state index contributed by atoms with van der Waals surface area (Å²) < 4.78 is 5.07. The van der Waals surface area contributed by atoms with E-state index in [0.29, 0.717) is 0 Å². The van der Waals surface area contributed by atoms with Gasteiger partial charge in [-0.1, -0.05) is 12.1 Å². The van der Waals surface area contributed by atoms with Gasteiger partial charge in [-0.3, -0.25) is 9.80 Å². The quantitative estimate of drug-likeness (QED) is 0.844. The number of aromatic nitrogens is 1. The van der Waals surface area contributed by atoms with E-state index in [1.54, 1.807) is 0 Å². The van der Waals surface area contributed by atoms with E-state index in [-0.39, 0.29) is 6.10 Å². The molecule has 5 heteroatoms. The molecule has 1 aliphatic rings. The molecule has 1 fully saturated rings. The SMILES string of the molecule is CCC(O)CN1CCN(Cc2cc(C)on2)CC1. The molecule has 0 aliphatic carbocycles. The summed E-state index contributed by atoms with van der Waals surface area (Å²) in [6, 6.07) is 1.99. The predicted octanol–water partition coefficient (Wildman–Crippen LogP) is 0.872. The minimum absolute atomic E-state index is 0.185. The first kappa shape index (κ1) is 13.5. The van der Waals surface area contributed by atoms with Crippen molar-refractivity contribution < 1.29 is 9.63 Å². The Labute approximate surface area is 108 Å². The van der Waals surface area contributed by atoms with Crippen LogP contribution in [0.2, 0.25) is 0 Å². The second-order valence-corrected chi connectivity index (χ2v) is 5.07. The maximum absolute atomic E-state index is 9.64. The summed E-state index contributed by atoms with van der Waals surface area (Å²) in [5, 5.41) is 13.7. The van der Waals surface area contributed by atoms with E-state index in [0.717, 1.165) is 57.1 Å². The van der Waals surface area contributed by atoms with Gasteiger partial charge in [0.2, 0.25) is 0 Å². The molecule has 1 aromatic rings. The predicted molar refractivity (Wildman–Crippen MR) is 69.3 cm³/mol. The van der Waals surface area contributed by atoms with Crippen LogP contribution in [0.4, 0.5) is 0 Å². The number of aliphatic hydroxyl groups excluding tert-OH is 1. The summed E-state index contributed by atoms with van der Waals surface area (Å²) in [4.78, 5) is 4.71. The van der Waals surface area contributed by atoms with Gasteiger partial charge in [0.15, 0.2) is 0 Å². The Balaban J connectivity index is 1.73. The molecule has 0 radical (unpaired) electrons. The van der Waals surface area contributed by atoms with Crippen LogP contribution >= 0.6 is 0 Å². The van der Waals surface area contributed by atoms with Crippen LogP contribution in [-0.4, -0.2) is 58.9 Å². The molecular weight excluding hydrogens is 230 g/mol. The second kappa shape index (κ2) is 6.31. The summed E-state index contributed by atoms with van der Waals surface area (Å²) >= 11 is 0. The van der Waals surface area contributed by atoms with Gasteiger partial charge < -0.3 is 9.63 Å². The average Bonchev–Trinajstić information content (AvgIpc) is 2.77. The summed E-state index contributed by atoms with van der Waals surface area (Å²) in [7, 11) is 0. The van der Waals surface area contributed by atoms with Crippen molar-refractivity contribution >= 4 is 0 Å². The number of piperazine rings is 1. The molecule has 18 heavy (non-hydrogen) atoms. The molecule has 1 aromatic heterocycles. The molecule has 1 N–H and O–H groups in total. The monoisotopic (exact) mass is 253 g/mol. The van der Waals surface area contributed by atoms with Gasteiger partial charge in [-0.15, -0.1) is 0 Å². The lowest BCUT2D eigenvalue weighted by Crippen LogP contribution is -2.48. The Bertz CT molecular complexity index is 359. The Morgan fingerprint density at radius 3 is 2.56 bits per heavy atom. The number of rotatable bonds is 5. The lowest BCUT2D eigenvalue weighted by Gasteiger charge is -2.35. The fourth-order valence-corrected chi connectivity index (χ4v) is 2.28. The molecule has 0 amide bonds. The third-order valence-electron chi connectivity index (χ3n) is 3.47. The van der Waals surface area contributed by atoms with Gasteiger partial charge in [0, 0.05) is 45.3 Å². The fourth-order valence-electron chi connectivity index (χ4n) is 2.28. The first-order valence-corrected chi connectivity index (χ1v) is 6.72. The molecule has 1 aliphatic heterocycles. The van der Waals surface area contributed by atoms with Crippen LogP contribution < -0.4 is 0 Å². The second-order valence-electron chi connectivity index (χ2n) is 5.07. The maximum Gasteiger partial charge on any atom is 0.133 e. The molecule has 2 heterocycles. The van der Waals surface area contributed by atoms with Crippen LogP contribution in [-0.2, 0) is 6.54 Å². The first-order chi connectivity index (χ1) is 8.67. The molecular formula is C13H23N3O2. The minimum Gasteiger partial charge on any atom is -0.392 e. The number of β-amino-alcohol motifs (C(OH)–C–C–N with tert-alkyl or cyclic N) is 1. The summed E-state index contributed by atoms with van der Waals surface area (Å²) in [5.41, 5.74) is 1.01. The lowest BCUT2D eigenvalue weighted by atomic mass is 10.2. The zero-order valence-corrected chi connectivity index (χ0v) is 11.3. The highest BCUT2D eigenvalue weighted by atomic mass is 16.5. The Kier molecular flexibility index (Phi) is 4.74. The van der Waals surface area contributed by atoms with Gasteiger partial charge in [0.25, 0.3) is 0 Å². The smallest absolute Gasteiger partial charge is 0.133 e. The molecule has 2 rings (SSSR count). The van der Waals surface area contributed by atoms with Gasteiger partial charge in [0.1, 0.15) is 5.76 Å². The zero-order valence-electron chi connectivity index (χ0n) is 11.3. The highest BCUT2D eigenvalue weighted by Crippen LogP contribution is 2.09. The molecule has 0 saturated carbocycles. The van der Waals surface area contributed by atoms with E-state index < -0.39 is 0 Å². The van der Waals surface area contributed by atoms with Crippen molar-refractivity contribution in [1.29, 1.82) is 0 Å². The van der Waals surface area contributed by atoms with E-state index in [9.17, 15) is 5.11 Å². The van der Waals surface area contributed by atoms with Crippen LogP contribution in [0, 0.1) is 6.92 Å². The molecule has 0 spiro atoms. The zero-order chi connectivity index (χ0) is 13.0. The number of hydrogen-bond donors (Lipinski definition) is 1. The van der Waals surface area contributed by atoms with Crippen LogP contribution in [0.3, 0.4) is 0 Å². The van der Waals surface area contributed by atoms with E-state index >= 15 is 0 Å². The van der Waals surface area contributed by atoms with Crippen LogP contribution in [0.5, 0.6) is 0 Å². The van der Waals surface area contributed by atoms with Crippen molar-refractivity contribution in [2.75, 3.05) is 32.7 Å². The highest BCUT2D eigenvalue weighted by Gasteiger charge is 2.19. The Morgan fingerprint density at radius 2 is 2.00 bits per heavy atom. The van der Waals surface area contributed by atoms with Gasteiger partial charge in [-0.2, -0.15) is 0 Å². The van der Waals surface area contributed by atoms with Crippen molar-refractivity contribution in [1.82, 2.24) is 15.0 Å². The molecule has 1 saturated heterocycles. The third kappa shape index (κ3) is 3.80. The van der Waals surface area contributed by atoms with Crippen molar-refractivity contribution in [3.8, 4) is 0 Å². The largest absolute Gasteiger partial charge is 0.392 e. The highest BCUT2D eigenvalue weighted by molar-refractivity contribution is 5.03. The normalized spacial score (nSPS) is 20.2. The van der Waals surface area contributed by atoms with Gasteiger partial charge in [0.05, 0.1) is 11.8 Å². The van der Waals surface area contributed by atoms with Gasteiger partial charge >= 0.3 is 0 Å². The fraction of sp³-hybridized carbons (Fsp3) is 0.769. The first-order valence-electron chi connectivity index (χ1n) is 6.72. The van der Waals surface area contributed by atoms with Crippen LogP contribution in [0.25, 0.3) is 0 Å². The standard InChI is InChI=1S/C13H23N3O2/c1-3-13(17)10-16-6-4-15(5-7-16)9-12-8-11(2)18-14-12/h8,13,17H,3-7,9-10H2,1-2H3. The van der Waals surface area contributed by atoms with E-state index in [2.05, 4.69) is 15.0 Å². The molecule has 0 bridgehead atoms. The minimum atomic E-state index is -0.185. The lowest BCUT2D eigenvalue weighted by molar-refractivity contribution is 0.0679. The van der Waals surface area contributed by atoms with Gasteiger partial charge in [-0.05, 0) is 13.3 Å². The third-order valence-corrected chi connectivity index (χ3v) is 3.47. The summed E-state index contributed by atoms with van der Waals surface area (Å²) in [6.45, 7) is 9.70. The van der Waals surface area contributed by atoms with Gasteiger partial charge in [-0.25, -0.2) is 0 Å². The number of aliphatic hydroxyl groups is 1. The maximum atomic E-state index is 9.64. The van der Waals surface area contributed by atoms with E-state index in [4.69, 9.17) is 4.52 Å². The van der Waals surface area contributed by atoms with Crippen molar-refractivity contribution in [3.63, 3.8) is 0 Å². The molecule has 1 unspecified atom stereocenters. The molecule has 1 atom stereocenters. The summed E-state index contributed by atoms with van der Waals surface area (Å²) in [6.07, 6.45) is 0.646. The van der Waals surface area contributed by atoms with Crippen molar-refractivity contribution in [3.05, 3.63) is 17.5 Å². The topological polar surface area (TPSA) is 52.7 Å². The average molecular weight is 253 g/mol. The van der Waals surface area contributed by atoms with Crippen molar-refractivity contribution in [2.24, 2.45) is 0 Å². The number of hydrogen-bond acceptors (Lipinski definition) is 5. The number of nitrogens with zero attached hydrogens (tertiary/aromatic N) is 3. The Hall–Kier alpha value is -0.910. The van der Waals surface area contributed by atoms with Crippen LogP contribution in [0.15, 0.2) is 10.6 Å². The van der Waals surface area contributed by atoms with E-state index in [1.165, 1.54) is 0 Å². The molecule has 0 aromatic carbocycles. The van der Waals surface area contributed by atoms with Crippen LogP contribution in [0.1, 0.15) is 24.8 Å².